The molecule has 0 fully saturated rings. The molecule has 1 heterocycles. The lowest BCUT2D eigenvalue weighted by molar-refractivity contribution is -0.137. The third-order valence-electron chi connectivity index (χ3n) is 3.69. The van der Waals surface area contributed by atoms with Crippen molar-refractivity contribution in [1.82, 2.24) is 9.97 Å². The van der Waals surface area contributed by atoms with Crippen LogP contribution in [0.1, 0.15) is 21.6 Å². The zero-order valence-electron chi connectivity index (χ0n) is 14.0. The van der Waals surface area contributed by atoms with Gasteiger partial charge in [0.1, 0.15) is 17.8 Å². The molecule has 0 aliphatic heterocycles. The number of carbonyl (C=O) groups is 1. The lowest BCUT2D eigenvalue weighted by atomic mass is 10.2. The van der Waals surface area contributed by atoms with Crippen LogP contribution >= 0.6 is 0 Å². The summed E-state index contributed by atoms with van der Waals surface area (Å²) >= 11 is 0. The molecule has 0 aliphatic carbocycles. The number of aromatic nitrogens is 2. The van der Waals surface area contributed by atoms with Crippen molar-refractivity contribution in [2.24, 2.45) is 0 Å². The minimum atomic E-state index is -4.42. The quantitative estimate of drug-likeness (QED) is 0.698. The molecule has 138 valence electrons. The van der Waals surface area contributed by atoms with Crippen LogP contribution in [0.15, 0.2) is 67.0 Å². The zero-order valence-corrected chi connectivity index (χ0v) is 14.0. The third-order valence-corrected chi connectivity index (χ3v) is 3.69. The van der Waals surface area contributed by atoms with E-state index < -0.39 is 17.6 Å². The maximum Gasteiger partial charge on any atom is 0.416 e. The van der Waals surface area contributed by atoms with Crippen LogP contribution in [0.3, 0.4) is 0 Å². The van der Waals surface area contributed by atoms with Crippen LogP contribution in [0.25, 0.3) is 0 Å². The summed E-state index contributed by atoms with van der Waals surface area (Å²) < 4.78 is 37.7. The summed E-state index contributed by atoms with van der Waals surface area (Å²) in [6, 6.07) is 15.3. The highest BCUT2D eigenvalue weighted by molar-refractivity contribution is 6.03. The number of carbonyl (C=O) groups excluding carboxylic acids is 1. The highest BCUT2D eigenvalue weighted by Crippen LogP contribution is 2.29. The molecule has 0 unspecified atom stereocenters. The highest BCUT2D eigenvalue weighted by Gasteiger charge is 2.30. The second kappa shape index (κ2) is 7.86. The van der Waals surface area contributed by atoms with E-state index in [0.717, 1.165) is 17.7 Å². The Morgan fingerprint density at radius 1 is 0.963 bits per heavy atom. The van der Waals surface area contributed by atoms with E-state index in [9.17, 15) is 18.0 Å². The van der Waals surface area contributed by atoms with E-state index in [2.05, 4.69) is 20.6 Å². The molecule has 1 aromatic heterocycles. The molecule has 3 rings (SSSR count). The molecular weight excluding hydrogens is 357 g/mol. The van der Waals surface area contributed by atoms with E-state index in [4.69, 9.17) is 0 Å². The molecule has 0 aliphatic rings. The van der Waals surface area contributed by atoms with Crippen molar-refractivity contribution in [3.63, 3.8) is 0 Å². The largest absolute Gasteiger partial charge is 0.416 e. The fourth-order valence-corrected chi connectivity index (χ4v) is 2.30. The van der Waals surface area contributed by atoms with Gasteiger partial charge in [-0.2, -0.15) is 13.2 Å². The monoisotopic (exact) mass is 372 g/mol. The van der Waals surface area contributed by atoms with Crippen molar-refractivity contribution in [1.29, 1.82) is 0 Å². The van der Waals surface area contributed by atoms with Gasteiger partial charge in [-0.05, 0) is 29.8 Å². The molecule has 0 saturated carbocycles. The van der Waals surface area contributed by atoms with Crippen LogP contribution in [0.5, 0.6) is 0 Å². The molecule has 2 N–H and O–H groups in total. The Labute approximate surface area is 153 Å². The van der Waals surface area contributed by atoms with Crippen molar-refractivity contribution in [3.05, 3.63) is 83.8 Å². The van der Waals surface area contributed by atoms with E-state index in [1.165, 1.54) is 24.5 Å². The lowest BCUT2D eigenvalue weighted by Gasteiger charge is -2.09. The van der Waals surface area contributed by atoms with Gasteiger partial charge < -0.3 is 10.6 Å². The normalized spacial score (nSPS) is 11.1. The molecule has 0 saturated heterocycles. The van der Waals surface area contributed by atoms with E-state index in [-0.39, 0.29) is 11.4 Å². The summed E-state index contributed by atoms with van der Waals surface area (Å²) in [6.45, 7) is 0.526. The van der Waals surface area contributed by atoms with E-state index in [1.807, 2.05) is 30.3 Å². The van der Waals surface area contributed by atoms with Gasteiger partial charge in [0.05, 0.1) is 5.56 Å². The first-order valence-electron chi connectivity index (χ1n) is 8.00. The Balaban J connectivity index is 1.64. The number of amides is 1. The highest BCUT2D eigenvalue weighted by atomic mass is 19.4. The summed E-state index contributed by atoms with van der Waals surface area (Å²) in [7, 11) is 0. The fourth-order valence-electron chi connectivity index (χ4n) is 2.30. The lowest BCUT2D eigenvalue weighted by Crippen LogP contribution is -2.15. The molecular formula is C19H15F3N4O. The van der Waals surface area contributed by atoms with Crippen LogP contribution in [0.4, 0.5) is 24.7 Å². The Kier molecular flexibility index (Phi) is 5.35. The Morgan fingerprint density at radius 2 is 1.67 bits per heavy atom. The maximum absolute atomic E-state index is 12.6. The molecule has 8 heteroatoms. The fraction of sp³-hybridized carbons (Fsp3) is 0.105. The van der Waals surface area contributed by atoms with Gasteiger partial charge in [-0.1, -0.05) is 30.3 Å². The smallest absolute Gasteiger partial charge is 0.366 e. The van der Waals surface area contributed by atoms with E-state index in [0.29, 0.717) is 12.4 Å². The molecule has 0 spiro atoms. The standard InChI is InChI=1S/C19H15F3N4O/c20-19(21,22)14-6-8-15(9-7-14)26-18(27)16-10-17(25-12-24-16)23-11-13-4-2-1-3-5-13/h1-10,12H,11H2,(H,26,27)(H,23,24,25). The molecule has 0 bridgehead atoms. The average Bonchev–Trinajstić information content (AvgIpc) is 2.67. The summed E-state index contributed by atoms with van der Waals surface area (Å²) in [5, 5.41) is 5.60. The molecule has 1 amide bonds. The van der Waals surface area contributed by atoms with Gasteiger partial charge in [0.25, 0.3) is 5.91 Å². The van der Waals surface area contributed by atoms with Gasteiger partial charge in [-0.3, -0.25) is 4.79 Å². The molecule has 27 heavy (non-hydrogen) atoms. The summed E-state index contributed by atoms with van der Waals surface area (Å²) in [4.78, 5) is 20.2. The topological polar surface area (TPSA) is 66.9 Å². The first kappa shape index (κ1) is 18.4. The molecule has 3 aromatic rings. The summed E-state index contributed by atoms with van der Waals surface area (Å²) in [6.07, 6.45) is -3.18. The van der Waals surface area contributed by atoms with Gasteiger partial charge in [-0.25, -0.2) is 9.97 Å². The molecule has 0 atom stereocenters. The number of nitrogens with zero attached hydrogens (tertiary/aromatic N) is 2. The number of hydrogen-bond acceptors (Lipinski definition) is 4. The Bertz CT molecular complexity index is 912. The predicted molar refractivity (Wildman–Crippen MR) is 95.2 cm³/mol. The first-order valence-corrected chi connectivity index (χ1v) is 8.00. The van der Waals surface area contributed by atoms with E-state index >= 15 is 0 Å². The van der Waals surface area contributed by atoms with Gasteiger partial charge in [0.15, 0.2) is 0 Å². The molecule has 2 aromatic carbocycles. The van der Waals surface area contributed by atoms with Crippen molar-refractivity contribution in [2.45, 2.75) is 12.7 Å². The van der Waals surface area contributed by atoms with Gasteiger partial charge in [0, 0.05) is 18.3 Å². The predicted octanol–water partition coefficient (Wildman–Crippen LogP) is 4.36. The second-order valence-electron chi connectivity index (χ2n) is 5.66. The summed E-state index contributed by atoms with van der Waals surface area (Å²) in [5.41, 5.74) is 0.604. The number of anilines is 2. The van der Waals surface area contributed by atoms with Gasteiger partial charge >= 0.3 is 6.18 Å². The number of benzene rings is 2. The maximum atomic E-state index is 12.6. The van der Waals surface area contributed by atoms with Crippen molar-refractivity contribution >= 4 is 17.4 Å². The second-order valence-corrected chi connectivity index (χ2v) is 5.66. The number of halogens is 3. The van der Waals surface area contributed by atoms with Crippen molar-refractivity contribution in [3.8, 4) is 0 Å². The zero-order chi connectivity index (χ0) is 19.3. The Morgan fingerprint density at radius 3 is 2.33 bits per heavy atom. The Hall–Kier alpha value is -3.42. The SMILES string of the molecule is O=C(Nc1ccc(C(F)(F)F)cc1)c1cc(NCc2ccccc2)ncn1. The van der Waals surface area contributed by atoms with Crippen LogP contribution in [0, 0.1) is 0 Å². The van der Waals surface area contributed by atoms with Crippen molar-refractivity contribution < 1.29 is 18.0 Å². The van der Waals surface area contributed by atoms with E-state index in [1.54, 1.807) is 0 Å². The van der Waals surface area contributed by atoms with Gasteiger partial charge in [0.2, 0.25) is 0 Å². The first-order chi connectivity index (χ1) is 12.9. The summed E-state index contributed by atoms with van der Waals surface area (Å²) in [5.74, 6) is -0.0775. The van der Waals surface area contributed by atoms with Crippen LogP contribution < -0.4 is 10.6 Å². The van der Waals surface area contributed by atoms with Crippen LogP contribution in [0.2, 0.25) is 0 Å². The van der Waals surface area contributed by atoms with Crippen LogP contribution in [-0.4, -0.2) is 15.9 Å². The number of nitrogens with one attached hydrogen (secondary N) is 2. The average molecular weight is 372 g/mol. The number of alkyl halides is 3. The number of rotatable bonds is 5. The molecule has 0 radical (unpaired) electrons. The molecule has 5 nitrogen and oxygen atoms in total. The number of hydrogen-bond donors (Lipinski definition) is 2. The van der Waals surface area contributed by atoms with Gasteiger partial charge in [-0.15, -0.1) is 0 Å². The van der Waals surface area contributed by atoms with Crippen LogP contribution in [-0.2, 0) is 12.7 Å². The third kappa shape index (κ3) is 5.04. The minimum Gasteiger partial charge on any atom is -0.366 e. The van der Waals surface area contributed by atoms with Crippen molar-refractivity contribution in [2.75, 3.05) is 10.6 Å². The minimum absolute atomic E-state index is 0.0976.